The van der Waals surface area contributed by atoms with Crippen molar-refractivity contribution in [3.63, 3.8) is 0 Å². The smallest absolute Gasteiger partial charge is 0.251 e. The Bertz CT molecular complexity index is 910. The lowest BCUT2D eigenvalue weighted by molar-refractivity contribution is -0.115. The van der Waals surface area contributed by atoms with E-state index in [9.17, 15) is 14.0 Å². The molecule has 0 radical (unpaired) electrons. The summed E-state index contributed by atoms with van der Waals surface area (Å²) in [6.45, 7) is -0.196. The van der Waals surface area contributed by atoms with Crippen LogP contribution >= 0.6 is 0 Å². The van der Waals surface area contributed by atoms with Crippen molar-refractivity contribution in [1.29, 1.82) is 0 Å². The molecule has 5 nitrogen and oxygen atoms in total. The van der Waals surface area contributed by atoms with Crippen molar-refractivity contribution in [2.75, 3.05) is 11.9 Å². The van der Waals surface area contributed by atoms with Gasteiger partial charge < -0.3 is 15.4 Å². The Morgan fingerprint density at radius 3 is 2.11 bits per heavy atom. The molecule has 3 aromatic carbocycles. The largest absolute Gasteiger partial charge is 0.457 e. The van der Waals surface area contributed by atoms with Crippen LogP contribution in [0.25, 0.3) is 0 Å². The highest BCUT2D eigenvalue weighted by atomic mass is 19.1. The second kappa shape index (κ2) is 8.62. The molecule has 0 saturated heterocycles. The van der Waals surface area contributed by atoms with Gasteiger partial charge in [-0.2, -0.15) is 0 Å². The Morgan fingerprint density at radius 2 is 1.44 bits per heavy atom. The molecule has 27 heavy (non-hydrogen) atoms. The van der Waals surface area contributed by atoms with Gasteiger partial charge >= 0.3 is 0 Å². The van der Waals surface area contributed by atoms with Gasteiger partial charge in [-0.25, -0.2) is 4.39 Å². The normalized spacial score (nSPS) is 10.1. The maximum atomic E-state index is 12.8. The summed E-state index contributed by atoms with van der Waals surface area (Å²) in [7, 11) is 0. The van der Waals surface area contributed by atoms with E-state index >= 15 is 0 Å². The maximum Gasteiger partial charge on any atom is 0.251 e. The standard InChI is InChI=1S/C21H17FN2O3/c22-16-8-10-17(11-9-16)24-20(25)14-23-21(26)15-6-12-19(13-7-15)27-18-4-2-1-3-5-18/h1-13H,14H2,(H,23,26)(H,24,25). The number of ether oxygens (including phenoxy) is 1. The topological polar surface area (TPSA) is 67.4 Å². The summed E-state index contributed by atoms with van der Waals surface area (Å²) in [5.41, 5.74) is 0.864. The molecule has 0 unspecified atom stereocenters. The SMILES string of the molecule is O=C(CNC(=O)c1ccc(Oc2ccccc2)cc1)Nc1ccc(F)cc1. The van der Waals surface area contributed by atoms with Crippen molar-refractivity contribution in [2.45, 2.75) is 0 Å². The number of hydrogen-bond donors (Lipinski definition) is 2. The number of carbonyl (C=O) groups is 2. The van der Waals surface area contributed by atoms with Crippen LogP contribution in [-0.4, -0.2) is 18.4 Å². The van der Waals surface area contributed by atoms with E-state index in [1.807, 2.05) is 30.3 Å². The number of rotatable bonds is 6. The third-order valence-electron chi connectivity index (χ3n) is 3.63. The Morgan fingerprint density at radius 1 is 0.815 bits per heavy atom. The fraction of sp³-hybridized carbons (Fsp3) is 0.0476. The van der Waals surface area contributed by atoms with Crippen LogP contribution in [0.4, 0.5) is 10.1 Å². The molecule has 2 N–H and O–H groups in total. The summed E-state index contributed by atoms with van der Waals surface area (Å²) in [5, 5.41) is 5.11. The lowest BCUT2D eigenvalue weighted by Gasteiger charge is -2.08. The highest BCUT2D eigenvalue weighted by Gasteiger charge is 2.09. The van der Waals surface area contributed by atoms with Gasteiger partial charge in [-0.3, -0.25) is 9.59 Å². The zero-order chi connectivity index (χ0) is 19.1. The molecule has 3 rings (SSSR count). The van der Waals surface area contributed by atoms with Crippen LogP contribution in [-0.2, 0) is 4.79 Å². The van der Waals surface area contributed by atoms with Gasteiger partial charge in [0.15, 0.2) is 0 Å². The molecule has 6 heteroatoms. The van der Waals surface area contributed by atoms with Crippen LogP contribution in [0.3, 0.4) is 0 Å². The van der Waals surface area contributed by atoms with Gasteiger partial charge in [-0.15, -0.1) is 0 Å². The van der Waals surface area contributed by atoms with E-state index in [1.54, 1.807) is 24.3 Å². The average Bonchev–Trinajstić information content (AvgIpc) is 2.69. The molecular formula is C21H17FN2O3. The van der Waals surface area contributed by atoms with Crippen molar-refractivity contribution in [1.82, 2.24) is 5.32 Å². The van der Waals surface area contributed by atoms with E-state index in [2.05, 4.69) is 10.6 Å². The van der Waals surface area contributed by atoms with E-state index in [0.29, 0.717) is 22.7 Å². The van der Waals surface area contributed by atoms with Gasteiger partial charge in [-0.1, -0.05) is 18.2 Å². The number of para-hydroxylation sites is 1. The molecule has 0 aromatic heterocycles. The predicted octanol–water partition coefficient (Wildman–Crippen LogP) is 3.99. The second-order valence-corrected chi connectivity index (χ2v) is 5.68. The molecule has 0 atom stereocenters. The Labute approximate surface area is 155 Å². The third-order valence-corrected chi connectivity index (χ3v) is 3.63. The summed E-state index contributed by atoms with van der Waals surface area (Å²) in [6, 6.07) is 21.3. The fourth-order valence-electron chi connectivity index (χ4n) is 2.30. The van der Waals surface area contributed by atoms with Crippen molar-refractivity contribution in [3.05, 3.63) is 90.2 Å². The van der Waals surface area contributed by atoms with E-state index in [-0.39, 0.29) is 18.3 Å². The summed E-state index contributed by atoms with van der Waals surface area (Å²) in [6.07, 6.45) is 0. The van der Waals surface area contributed by atoms with Crippen molar-refractivity contribution < 1.29 is 18.7 Å². The van der Waals surface area contributed by atoms with Gasteiger partial charge in [0.2, 0.25) is 5.91 Å². The number of halogens is 1. The molecule has 0 spiro atoms. The van der Waals surface area contributed by atoms with E-state index < -0.39 is 5.91 Å². The lowest BCUT2D eigenvalue weighted by Crippen LogP contribution is -2.32. The van der Waals surface area contributed by atoms with Gasteiger partial charge in [0, 0.05) is 11.3 Å². The van der Waals surface area contributed by atoms with Crippen molar-refractivity contribution in [3.8, 4) is 11.5 Å². The molecule has 0 saturated carbocycles. The third kappa shape index (κ3) is 5.40. The van der Waals surface area contributed by atoms with Crippen LogP contribution in [0.2, 0.25) is 0 Å². The number of anilines is 1. The Hall–Kier alpha value is -3.67. The number of nitrogens with one attached hydrogen (secondary N) is 2. The molecule has 0 fully saturated rings. The molecule has 0 heterocycles. The Kier molecular flexibility index (Phi) is 5.79. The van der Waals surface area contributed by atoms with Crippen LogP contribution in [0.5, 0.6) is 11.5 Å². The number of benzene rings is 3. The first kappa shape index (κ1) is 18.1. The van der Waals surface area contributed by atoms with Crippen LogP contribution in [0.1, 0.15) is 10.4 Å². The van der Waals surface area contributed by atoms with Crippen LogP contribution in [0, 0.1) is 5.82 Å². The van der Waals surface area contributed by atoms with Crippen molar-refractivity contribution >= 4 is 17.5 Å². The first-order valence-electron chi connectivity index (χ1n) is 8.27. The van der Waals surface area contributed by atoms with Gasteiger partial charge in [0.25, 0.3) is 5.91 Å². The minimum atomic E-state index is -0.404. The molecule has 2 amide bonds. The minimum absolute atomic E-state index is 0.196. The monoisotopic (exact) mass is 364 g/mol. The fourth-order valence-corrected chi connectivity index (χ4v) is 2.30. The molecule has 3 aromatic rings. The predicted molar refractivity (Wildman–Crippen MR) is 100 cm³/mol. The minimum Gasteiger partial charge on any atom is -0.457 e. The summed E-state index contributed by atoms with van der Waals surface area (Å²) < 4.78 is 18.5. The second-order valence-electron chi connectivity index (χ2n) is 5.68. The number of amides is 2. The van der Waals surface area contributed by atoms with Crippen LogP contribution in [0.15, 0.2) is 78.9 Å². The highest BCUT2D eigenvalue weighted by molar-refractivity contribution is 5.99. The van der Waals surface area contributed by atoms with E-state index in [0.717, 1.165) is 0 Å². The maximum absolute atomic E-state index is 12.8. The van der Waals surface area contributed by atoms with Gasteiger partial charge in [-0.05, 0) is 60.7 Å². The molecule has 0 aliphatic heterocycles. The van der Waals surface area contributed by atoms with E-state index in [1.165, 1.54) is 24.3 Å². The lowest BCUT2D eigenvalue weighted by atomic mass is 10.2. The Balaban J connectivity index is 1.50. The summed E-state index contributed by atoms with van der Waals surface area (Å²) in [4.78, 5) is 24.0. The van der Waals surface area contributed by atoms with Crippen molar-refractivity contribution in [2.24, 2.45) is 0 Å². The molecule has 0 aliphatic carbocycles. The zero-order valence-corrected chi connectivity index (χ0v) is 14.3. The van der Waals surface area contributed by atoms with E-state index in [4.69, 9.17) is 4.74 Å². The first-order valence-corrected chi connectivity index (χ1v) is 8.27. The molecule has 0 aliphatic rings. The zero-order valence-electron chi connectivity index (χ0n) is 14.3. The highest BCUT2D eigenvalue weighted by Crippen LogP contribution is 2.21. The quantitative estimate of drug-likeness (QED) is 0.695. The van der Waals surface area contributed by atoms with Gasteiger partial charge in [0.1, 0.15) is 17.3 Å². The molecular weight excluding hydrogens is 347 g/mol. The summed E-state index contributed by atoms with van der Waals surface area (Å²) in [5.74, 6) is 0.134. The molecule has 0 bridgehead atoms. The summed E-state index contributed by atoms with van der Waals surface area (Å²) >= 11 is 0. The number of hydrogen-bond acceptors (Lipinski definition) is 3. The number of carbonyl (C=O) groups excluding carboxylic acids is 2. The van der Waals surface area contributed by atoms with Crippen LogP contribution < -0.4 is 15.4 Å². The molecule has 136 valence electrons. The van der Waals surface area contributed by atoms with Gasteiger partial charge in [0.05, 0.1) is 6.54 Å². The average molecular weight is 364 g/mol. The first-order chi connectivity index (χ1) is 13.1.